The average molecular weight is 196 g/mol. The minimum atomic E-state index is -0.148. The first-order chi connectivity index (χ1) is 6.20. The van der Waals surface area contributed by atoms with Crippen LogP contribution < -0.4 is 5.56 Å². The zero-order chi connectivity index (χ0) is 9.42. The van der Waals surface area contributed by atoms with Crippen molar-refractivity contribution in [2.24, 2.45) is 0 Å². The fourth-order valence-corrected chi connectivity index (χ4v) is 1.44. The second kappa shape index (κ2) is 2.88. The summed E-state index contributed by atoms with van der Waals surface area (Å²) in [5, 5.41) is 4.83. The van der Waals surface area contributed by atoms with Crippen LogP contribution in [0.3, 0.4) is 0 Å². The summed E-state index contributed by atoms with van der Waals surface area (Å²) in [4.78, 5) is 17.8. The fraction of sp³-hybridized carbons (Fsp3) is 0.286. The Morgan fingerprint density at radius 1 is 1.62 bits per heavy atom. The topological polar surface area (TPSA) is 63.0 Å². The second-order valence-electron chi connectivity index (χ2n) is 2.61. The first kappa shape index (κ1) is 8.31. The highest BCUT2D eigenvalue weighted by atomic mass is 32.2. The number of nitrogens with zero attached hydrogens (tertiary/aromatic N) is 3. The monoisotopic (exact) mass is 196 g/mol. The van der Waals surface area contributed by atoms with E-state index in [4.69, 9.17) is 0 Å². The molecular weight excluding hydrogens is 188 g/mol. The van der Waals surface area contributed by atoms with Crippen molar-refractivity contribution < 1.29 is 0 Å². The van der Waals surface area contributed by atoms with Crippen LogP contribution >= 0.6 is 11.8 Å². The Morgan fingerprint density at radius 3 is 3.08 bits per heavy atom. The number of aromatic amines is 1. The van der Waals surface area contributed by atoms with Gasteiger partial charge in [0.25, 0.3) is 5.56 Å². The van der Waals surface area contributed by atoms with E-state index in [0.717, 1.165) is 5.69 Å². The van der Waals surface area contributed by atoms with Crippen molar-refractivity contribution in [2.45, 2.75) is 12.1 Å². The van der Waals surface area contributed by atoms with Gasteiger partial charge in [-0.15, -0.1) is 5.10 Å². The molecule has 68 valence electrons. The predicted octanol–water partition coefficient (Wildman–Crippen LogP) is 0.448. The molecule has 2 aromatic heterocycles. The molecule has 0 saturated carbocycles. The maximum absolute atomic E-state index is 11.1. The van der Waals surface area contributed by atoms with Crippen LogP contribution in [0.2, 0.25) is 0 Å². The van der Waals surface area contributed by atoms with E-state index in [1.54, 1.807) is 4.52 Å². The summed E-state index contributed by atoms with van der Waals surface area (Å²) in [6.45, 7) is 1.82. The van der Waals surface area contributed by atoms with Crippen molar-refractivity contribution in [3.8, 4) is 0 Å². The molecule has 0 amide bonds. The first-order valence-corrected chi connectivity index (χ1v) is 4.94. The molecule has 0 aromatic carbocycles. The number of aryl methyl sites for hydroxylation is 1. The Labute approximate surface area is 78.2 Å². The van der Waals surface area contributed by atoms with Crippen molar-refractivity contribution in [2.75, 3.05) is 6.26 Å². The molecule has 13 heavy (non-hydrogen) atoms. The Balaban J connectivity index is 2.83. The van der Waals surface area contributed by atoms with Crippen LogP contribution in [0.4, 0.5) is 0 Å². The molecule has 0 spiro atoms. The predicted molar refractivity (Wildman–Crippen MR) is 50.1 cm³/mol. The minimum absolute atomic E-state index is 0.148. The normalized spacial score (nSPS) is 10.9. The van der Waals surface area contributed by atoms with Gasteiger partial charge >= 0.3 is 0 Å². The summed E-state index contributed by atoms with van der Waals surface area (Å²) < 4.78 is 1.62. The van der Waals surface area contributed by atoms with E-state index in [1.165, 1.54) is 17.8 Å². The lowest BCUT2D eigenvalue weighted by Crippen LogP contribution is -2.09. The molecule has 0 radical (unpaired) electrons. The third kappa shape index (κ3) is 1.33. The molecular formula is C7H8N4OS. The number of aromatic nitrogens is 4. The Hall–Kier alpha value is -1.30. The van der Waals surface area contributed by atoms with Crippen LogP contribution in [-0.4, -0.2) is 25.8 Å². The van der Waals surface area contributed by atoms with Gasteiger partial charge in [-0.25, -0.2) is 4.52 Å². The fourth-order valence-electron chi connectivity index (χ4n) is 1.10. The molecule has 0 aliphatic carbocycles. The highest BCUT2D eigenvalue weighted by Crippen LogP contribution is 2.09. The number of fused-ring (bicyclic) bond motifs is 1. The number of rotatable bonds is 1. The van der Waals surface area contributed by atoms with Crippen LogP contribution in [0.15, 0.2) is 16.0 Å². The van der Waals surface area contributed by atoms with Gasteiger partial charge < -0.3 is 0 Å². The maximum atomic E-state index is 11.1. The molecule has 2 heterocycles. The highest BCUT2D eigenvalue weighted by Gasteiger charge is 2.04. The van der Waals surface area contributed by atoms with Crippen molar-refractivity contribution in [3.05, 3.63) is 22.1 Å². The van der Waals surface area contributed by atoms with Gasteiger partial charge in [0.15, 0.2) is 0 Å². The number of hydrogen-bond donors (Lipinski definition) is 1. The second-order valence-corrected chi connectivity index (χ2v) is 3.38. The molecule has 1 N–H and O–H groups in total. The van der Waals surface area contributed by atoms with E-state index in [2.05, 4.69) is 15.1 Å². The van der Waals surface area contributed by atoms with Gasteiger partial charge in [-0.2, -0.15) is 4.98 Å². The number of nitrogens with one attached hydrogen (secondary N) is 1. The van der Waals surface area contributed by atoms with Crippen LogP contribution in [0.25, 0.3) is 5.78 Å². The van der Waals surface area contributed by atoms with Crippen LogP contribution in [-0.2, 0) is 0 Å². The van der Waals surface area contributed by atoms with Crippen molar-refractivity contribution in [1.29, 1.82) is 0 Å². The lowest BCUT2D eigenvalue weighted by atomic mass is 10.4. The van der Waals surface area contributed by atoms with Crippen molar-refractivity contribution >= 4 is 17.5 Å². The molecule has 2 rings (SSSR count). The molecule has 6 heteroatoms. The molecule has 0 aliphatic rings. The van der Waals surface area contributed by atoms with Gasteiger partial charge in [0.05, 0.1) is 0 Å². The minimum Gasteiger partial charge on any atom is -0.291 e. The molecule has 0 fully saturated rings. The molecule has 0 atom stereocenters. The van der Waals surface area contributed by atoms with E-state index in [0.29, 0.717) is 10.9 Å². The summed E-state index contributed by atoms with van der Waals surface area (Å²) in [5.41, 5.74) is 0.636. The SMILES string of the molecule is CSc1nc2[nH]c(=O)cc(C)n2n1. The third-order valence-electron chi connectivity index (χ3n) is 1.68. The number of thioether (sulfide) groups is 1. The van der Waals surface area contributed by atoms with Gasteiger partial charge in [0.1, 0.15) is 0 Å². The summed E-state index contributed by atoms with van der Waals surface area (Å²) >= 11 is 1.44. The smallest absolute Gasteiger partial charge is 0.252 e. The molecule has 0 unspecified atom stereocenters. The molecule has 0 bridgehead atoms. The number of hydrogen-bond acceptors (Lipinski definition) is 4. The zero-order valence-corrected chi connectivity index (χ0v) is 8.05. The summed E-state index contributed by atoms with van der Waals surface area (Å²) in [7, 11) is 0. The third-order valence-corrected chi connectivity index (χ3v) is 2.22. The number of H-pyrrole nitrogens is 1. The average Bonchev–Trinajstić information content (AvgIpc) is 2.47. The Morgan fingerprint density at radius 2 is 2.38 bits per heavy atom. The van der Waals surface area contributed by atoms with Gasteiger partial charge in [-0.3, -0.25) is 9.78 Å². The van der Waals surface area contributed by atoms with Crippen molar-refractivity contribution in [1.82, 2.24) is 19.6 Å². The van der Waals surface area contributed by atoms with E-state index >= 15 is 0 Å². The summed E-state index contributed by atoms with van der Waals surface area (Å²) in [5.74, 6) is 0.495. The van der Waals surface area contributed by atoms with Gasteiger partial charge in [-0.05, 0) is 13.2 Å². The highest BCUT2D eigenvalue weighted by molar-refractivity contribution is 7.98. The lowest BCUT2D eigenvalue weighted by molar-refractivity contribution is 0.844. The standard InChI is InChI=1S/C7H8N4OS/c1-4-3-5(12)8-6-9-7(13-2)10-11(4)6/h3H,1-2H3,(H,8,9,10,12). The molecule has 0 saturated heterocycles. The lowest BCUT2D eigenvalue weighted by Gasteiger charge is -1.93. The zero-order valence-electron chi connectivity index (χ0n) is 7.24. The Kier molecular flexibility index (Phi) is 1.84. The van der Waals surface area contributed by atoms with Crippen LogP contribution in [0, 0.1) is 6.92 Å². The summed E-state index contributed by atoms with van der Waals surface area (Å²) in [6, 6.07) is 1.49. The quantitative estimate of drug-likeness (QED) is 0.672. The van der Waals surface area contributed by atoms with Gasteiger partial charge in [0.2, 0.25) is 10.9 Å². The van der Waals surface area contributed by atoms with E-state index in [-0.39, 0.29) is 5.56 Å². The molecule has 5 nitrogen and oxygen atoms in total. The van der Waals surface area contributed by atoms with Crippen LogP contribution in [0.1, 0.15) is 5.69 Å². The molecule has 2 aromatic rings. The van der Waals surface area contributed by atoms with E-state index < -0.39 is 0 Å². The largest absolute Gasteiger partial charge is 0.291 e. The van der Waals surface area contributed by atoms with Gasteiger partial charge in [-0.1, -0.05) is 11.8 Å². The van der Waals surface area contributed by atoms with E-state index in [9.17, 15) is 4.79 Å². The Bertz CT molecular complexity index is 501. The van der Waals surface area contributed by atoms with Gasteiger partial charge in [0, 0.05) is 11.8 Å². The summed E-state index contributed by atoms with van der Waals surface area (Å²) in [6.07, 6.45) is 1.89. The maximum Gasteiger partial charge on any atom is 0.252 e. The first-order valence-electron chi connectivity index (χ1n) is 3.71. The van der Waals surface area contributed by atoms with Crippen LogP contribution in [0.5, 0.6) is 0 Å². The molecule has 0 aliphatic heterocycles. The van der Waals surface area contributed by atoms with E-state index in [1.807, 2.05) is 13.2 Å². The van der Waals surface area contributed by atoms with Crippen molar-refractivity contribution in [3.63, 3.8) is 0 Å².